The standard InChI is InChI=1S/C22H42N2O/c1-19(2)20(3,4)23-17-16-21(19)18-24-22(25-21)14-12-10-8-6-5-7-9-11-13-15-22/h23-24H,5-18H2,1-4H3. The van der Waals surface area contributed by atoms with Gasteiger partial charge in [-0.3, -0.25) is 5.32 Å². The Labute approximate surface area is 156 Å². The molecule has 2 spiro atoms. The summed E-state index contributed by atoms with van der Waals surface area (Å²) in [5, 5.41) is 7.67. The van der Waals surface area contributed by atoms with Crippen LogP contribution in [0.5, 0.6) is 0 Å². The molecule has 2 heterocycles. The van der Waals surface area contributed by atoms with Crippen molar-refractivity contribution in [2.24, 2.45) is 5.41 Å². The molecule has 3 rings (SSSR count). The molecule has 2 aliphatic heterocycles. The molecule has 3 nitrogen and oxygen atoms in total. The molecule has 1 aliphatic carbocycles. The van der Waals surface area contributed by atoms with Crippen molar-refractivity contribution in [2.45, 2.75) is 122 Å². The monoisotopic (exact) mass is 350 g/mol. The second kappa shape index (κ2) is 7.48. The van der Waals surface area contributed by atoms with Gasteiger partial charge in [0.05, 0.1) is 5.60 Å². The predicted molar refractivity (Wildman–Crippen MR) is 106 cm³/mol. The van der Waals surface area contributed by atoms with Crippen LogP contribution in [0.4, 0.5) is 0 Å². The Hall–Kier alpha value is -0.120. The van der Waals surface area contributed by atoms with Crippen LogP contribution in [-0.2, 0) is 4.74 Å². The number of hydrogen-bond donors (Lipinski definition) is 2. The fourth-order valence-corrected chi connectivity index (χ4v) is 5.38. The minimum atomic E-state index is -0.0656. The predicted octanol–water partition coefficient (Wildman–Crippen LogP) is 5.14. The Morgan fingerprint density at radius 3 is 1.72 bits per heavy atom. The Morgan fingerprint density at radius 1 is 0.640 bits per heavy atom. The first-order valence-electron chi connectivity index (χ1n) is 11.0. The van der Waals surface area contributed by atoms with Crippen molar-refractivity contribution in [2.75, 3.05) is 13.1 Å². The lowest BCUT2D eigenvalue weighted by atomic mass is 9.60. The van der Waals surface area contributed by atoms with Gasteiger partial charge in [0.25, 0.3) is 0 Å². The van der Waals surface area contributed by atoms with E-state index in [2.05, 4.69) is 38.3 Å². The van der Waals surface area contributed by atoms with Crippen molar-refractivity contribution in [3.8, 4) is 0 Å². The van der Waals surface area contributed by atoms with E-state index in [9.17, 15) is 0 Å². The Kier molecular flexibility index (Phi) is 5.88. The third kappa shape index (κ3) is 3.80. The summed E-state index contributed by atoms with van der Waals surface area (Å²) in [7, 11) is 0. The van der Waals surface area contributed by atoms with Gasteiger partial charge in [-0.2, -0.15) is 0 Å². The lowest BCUT2D eigenvalue weighted by Crippen LogP contribution is -2.68. The van der Waals surface area contributed by atoms with Gasteiger partial charge in [-0.15, -0.1) is 0 Å². The molecule has 1 saturated carbocycles. The number of ether oxygens (including phenoxy) is 1. The third-order valence-corrected chi connectivity index (χ3v) is 8.05. The zero-order valence-corrected chi connectivity index (χ0v) is 17.3. The van der Waals surface area contributed by atoms with Crippen LogP contribution < -0.4 is 10.6 Å². The van der Waals surface area contributed by atoms with Crippen molar-refractivity contribution < 1.29 is 4.74 Å². The minimum absolute atomic E-state index is 0.0290. The Balaban J connectivity index is 1.74. The summed E-state index contributed by atoms with van der Waals surface area (Å²) in [4.78, 5) is 0. The Bertz CT molecular complexity index is 433. The van der Waals surface area contributed by atoms with Crippen LogP contribution >= 0.6 is 0 Å². The van der Waals surface area contributed by atoms with Crippen LogP contribution in [0.15, 0.2) is 0 Å². The van der Waals surface area contributed by atoms with Gasteiger partial charge >= 0.3 is 0 Å². The highest BCUT2D eigenvalue weighted by molar-refractivity contribution is 5.15. The highest BCUT2D eigenvalue weighted by Crippen LogP contribution is 2.52. The van der Waals surface area contributed by atoms with Gasteiger partial charge in [-0.05, 0) is 52.5 Å². The van der Waals surface area contributed by atoms with Crippen LogP contribution in [0.2, 0.25) is 0 Å². The van der Waals surface area contributed by atoms with Crippen molar-refractivity contribution in [1.29, 1.82) is 0 Å². The van der Waals surface area contributed by atoms with E-state index in [0.29, 0.717) is 0 Å². The van der Waals surface area contributed by atoms with Gasteiger partial charge in [-0.1, -0.05) is 58.8 Å². The van der Waals surface area contributed by atoms with Crippen molar-refractivity contribution in [1.82, 2.24) is 10.6 Å². The average molecular weight is 351 g/mol. The van der Waals surface area contributed by atoms with Crippen molar-refractivity contribution >= 4 is 0 Å². The lowest BCUT2D eigenvalue weighted by Gasteiger charge is -2.57. The number of rotatable bonds is 0. The van der Waals surface area contributed by atoms with Gasteiger partial charge in [0.15, 0.2) is 0 Å². The van der Waals surface area contributed by atoms with E-state index in [0.717, 1.165) is 19.5 Å². The number of nitrogens with one attached hydrogen (secondary N) is 2. The van der Waals surface area contributed by atoms with Crippen LogP contribution in [0, 0.1) is 5.41 Å². The SMILES string of the molecule is CC1(C)NCCC2(CNC3(CCCCCCCCCCC3)O2)C1(C)C. The van der Waals surface area contributed by atoms with E-state index in [-0.39, 0.29) is 22.3 Å². The zero-order valence-electron chi connectivity index (χ0n) is 17.3. The molecule has 1 atom stereocenters. The largest absolute Gasteiger partial charge is 0.352 e. The fourth-order valence-electron chi connectivity index (χ4n) is 5.38. The quantitative estimate of drug-likeness (QED) is 0.634. The maximum Gasteiger partial charge on any atom is 0.120 e. The van der Waals surface area contributed by atoms with Gasteiger partial charge in [0.1, 0.15) is 5.72 Å². The molecule has 3 fully saturated rings. The van der Waals surface area contributed by atoms with E-state index in [1.807, 2.05) is 0 Å². The highest BCUT2D eigenvalue weighted by Gasteiger charge is 2.62. The summed E-state index contributed by atoms with van der Waals surface area (Å²) in [5.74, 6) is 0. The maximum absolute atomic E-state index is 7.12. The van der Waals surface area contributed by atoms with Gasteiger partial charge in [0, 0.05) is 17.5 Å². The molecule has 0 amide bonds. The van der Waals surface area contributed by atoms with Crippen LogP contribution in [0.3, 0.4) is 0 Å². The minimum Gasteiger partial charge on any atom is -0.352 e. The molecule has 0 aromatic rings. The lowest BCUT2D eigenvalue weighted by molar-refractivity contribution is -0.198. The zero-order chi connectivity index (χ0) is 18.0. The van der Waals surface area contributed by atoms with Gasteiger partial charge in [-0.25, -0.2) is 0 Å². The van der Waals surface area contributed by atoms with Crippen LogP contribution in [-0.4, -0.2) is 30.0 Å². The van der Waals surface area contributed by atoms with Crippen LogP contribution in [0.1, 0.15) is 105 Å². The molecule has 0 aromatic carbocycles. The van der Waals surface area contributed by atoms with Crippen molar-refractivity contribution in [3.63, 3.8) is 0 Å². The van der Waals surface area contributed by atoms with E-state index >= 15 is 0 Å². The number of piperidine rings is 1. The van der Waals surface area contributed by atoms with Gasteiger partial charge in [0.2, 0.25) is 0 Å². The summed E-state index contributed by atoms with van der Waals surface area (Å²) >= 11 is 0. The molecule has 146 valence electrons. The molecule has 3 aliphatic rings. The first-order chi connectivity index (χ1) is 11.8. The molecular weight excluding hydrogens is 308 g/mol. The first-order valence-corrected chi connectivity index (χ1v) is 11.0. The van der Waals surface area contributed by atoms with E-state index < -0.39 is 0 Å². The maximum atomic E-state index is 7.12. The number of hydrogen-bond acceptors (Lipinski definition) is 3. The normalized spacial score (nSPS) is 36.0. The average Bonchev–Trinajstić information content (AvgIpc) is 2.90. The summed E-state index contributed by atoms with van der Waals surface area (Å²) < 4.78 is 7.12. The van der Waals surface area contributed by atoms with E-state index in [1.54, 1.807) is 0 Å². The molecule has 25 heavy (non-hydrogen) atoms. The second-order valence-corrected chi connectivity index (χ2v) is 10.1. The smallest absolute Gasteiger partial charge is 0.120 e. The Morgan fingerprint density at radius 2 is 1.16 bits per heavy atom. The van der Waals surface area contributed by atoms with Gasteiger partial charge < -0.3 is 10.1 Å². The molecule has 0 radical (unpaired) electrons. The molecule has 2 saturated heterocycles. The summed E-state index contributed by atoms with van der Waals surface area (Å²) in [6, 6.07) is 0. The molecule has 0 bridgehead atoms. The molecular formula is C22H42N2O. The summed E-state index contributed by atoms with van der Waals surface area (Å²) in [6.07, 6.45) is 16.0. The third-order valence-electron chi connectivity index (χ3n) is 8.05. The topological polar surface area (TPSA) is 33.3 Å². The van der Waals surface area contributed by atoms with E-state index in [1.165, 1.54) is 70.6 Å². The van der Waals surface area contributed by atoms with E-state index in [4.69, 9.17) is 4.74 Å². The van der Waals surface area contributed by atoms with Crippen LogP contribution in [0.25, 0.3) is 0 Å². The molecule has 2 N–H and O–H groups in total. The molecule has 0 aromatic heterocycles. The van der Waals surface area contributed by atoms with Crippen molar-refractivity contribution in [3.05, 3.63) is 0 Å². The highest BCUT2D eigenvalue weighted by atomic mass is 16.6. The molecule has 3 heteroatoms. The summed E-state index contributed by atoms with van der Waals surface area (Å²) in [6.45, 7) is 11.6. The second-order valence-electron chi connectivity index (χ2n) is 10.1. The molecule has 1 unspecified atom stereocenters. The fraction of sp³-hybridized carbons (Fsp3) is 1.00. The summed E-state index contributed by atoms with van der Waals surface area (Å²) in [5.41, 5.74) is 0.116. The first kappa shape index (κ1) is 19.6.